The zero-order valence-corrected chi connectivity index (χ0v) is 15.6. The molecule has 0 spiro atoms. The van der Waals surface area contributed by atoms with Crippen molar-refractivity contribution in [3.8, 4) is 0 Å². The number of urea groups is 1. The van der Waals surface area contributed by atoms with E-state index in [4.69, 9.17) is 0 Å². The maximum atomic E-state index is 12.2. The van der Waals surface area contributed by atoms with Crippen molar-refractivity contribution in [3.05, 3.63) is 65.2 Å². The van der Waals surface area contributed by atoms with Crippen LogP contribution in [0.1, 0.15) is 16.7 Å². The summed E-state index contributed by atoms with van der Waals surface area (Å²) >= 11 is 0. The van der Waals surface area contributed by atoms with Crippen LogP contribution in [0.5, 0.6) is 0 Å². The monoisotopic (exact) mass is 360 g/mol. The number of nitrogens with zero attached hydrogens (tertiary/aromatic N) is 1. The fraction of sp³-hybridized carbons (Fsp3) is 0.263. The number of aryl methyl sites for hydroxylation is 2. The standard InChI is InChI=1S/C19H24N4O.ClH/c1-14-8-7-9-15(2)17(14)22-19(24)23-18(20-3)21-13-12-16-10-5-4-6-11-16;/h4-11H,12-13H2,1-3H3,(H3,20,21,22,23,24);1H. The highest BCUT2D eigenvalue weighted by molar-refractivity contribution is 6.02. The number of amides is 2. The van der Waals surface area contributed by atoms with Crippen molar-refractivity contribution in [3.63, 3.8) is 0 Å². The van der Waals surface area contributed by atoms with Crippen LogP contribution in [0.15, 0.2) is 53.5 Å². The number of aliphatic imine (C=N–C) groups is 1. The maximum absolute atomic E-state index is 12.2. The Labute approximate surface area is 155 Å². The number of carbonyl (C=O) groups is 1. The largest absolute Gasteiger partial charge is 0.356 e. The molecular weight excluding hydrogens is 336 g/mol. The van der Waals surface area contributed by atoms with Gasteiger partial charge in [0.25, 0.3) is 0 Å². The molecule has 25 heavy (non-hydrogen) atoms. The van der Waals surface area contributed by atoms with E-state index in [0.29, 0.717) is 12.5 Å². The van der Waals surface area contributed by atoms with Gasteiger partial charge in [0, 0.05) is 19.3 Å². The first kappa shape index (κ1) is 20.5. The molecule has 3 N–H and O–H groups in total. The normalized spacial score (nSPS) is 10.6. The van der Waals surface area contributed by atoms with Gasteiger partial charge in [-0.3, -0.25) is 10.3 Å². The van der Waals surface area contributed by atoms with E-state index in [-0.39, 0.29) is 18.4 Å². The molecule has 0 radical (unpaired) electrons. The van der Waals surface area contributed by atoms with Crippen LogP contribution < -0.4 is 16.0 Å². The molecule has 0 heterocycles. The van der Waals surface area contributed by atoms with E-state index in [1.165, 1.54) is 5.56 Å². The number of rotatable bonds is 4. The van der Waals surface area contributed by atoms with Crippen LogP contribution in [-0.2, 0) is 6.42 Å². The second-order valence-corrected chi connectivity index (χ2v) is 5.58. The molecule has 0 aliphatic rings. The van der Waals surface area contributed by atoms with Gasteiger partial charge >= 0.3 is 6.03 Å². The van der Waals surface area contributed by atoms with Crippen LogP contribution in [0.3, 0.4) is 0 Å². The summed E-state index contributed by atoms with van der Waals surface area (Å²) < 4.78 is 0. The first-order valence-electron chi connectivity index (χ1n) is 7.99. The molecule has 2 amide bonds. The predicted molar refractivity (Wildman–Crippen MR) is 107 cm³/mol. The summed E-state index contributed by atoms with van der Waals surface area (Å²) in [5, 5.41) is 8.77. The highest BCUT2D eigenvalue weighted by Gasteiger charge is 2.09. The van der Waals surface area contributed by atoms with Gasteiger partial charge in [0.15, 0.2) is 5.96 Å². The maximum Gasteiger partial charge on any atom is 0.326 e. The Morgan fingerprint density at radius 1 is 1.00 bits per heavy atom. The summed E-state index contributed by atoms with van der Waals surface area (Å²) in [5.41, 5.74) is 4.12. The van der Waals surface area contributed by atoms with Crippen molar-refractivity contribution in [2.45, 2.75) is 20.3 Å². The topological polar surface area (TPSA) is 65.5 Å². The first-order chi connectivity index (χ1) is 11.6. The third kappa shape index (κ3) is 6.47. The Balaban J connectivity index is 0.00000312. The number of para-hydroxylation sites is 1. The fourth-order valence-electron chi connectivity index (χ4n) is 2.41. The number of hydrogen-bond donors (Lipinski definition) is 3. The van der Waals surface area contributed by atoms with E-state index in [9.17, 15) is 4.79 Å². The Kier molecular flexibility index (Phi) is 8.50. The number of nitrogens with one attached hydrogen (secondary N) is 3. The van der Waals surface area contributed by atoms with E-state index in [2.05, 4.69) is 33.1 Å². The van der Waals surface area contributed by atoms with Gasteiger partial charge in [0.2, 0.25) is 0 Å². The number of hydrogen-bond acceptors (Lipinski definition) is 2. The van der Waals surface area contributed by atoms with Gasteiger partial charge in [-0.2, -0.15) is 0 Å². The minimum Gasteiger partial charge on any atom is -0.356 e. The van der Waals surface area contributed by atoms with Crippen LogP contribution in [0.25, 0.3) is 0 Å². The summed E-state index contributed by atoms with van der Waals surface area (Å²) in [6.45, 7) is 4.63. The highest BCUT2D eigenvalue weighted by Crippen LogP contribution is 2.18. The molecule has 2 rings (SSSR count). The van der Waals surface area contributed by atoms with Crippen molar-refractivity contribution < 1.29 is 4.79 Å². The number of halogens is 1. The molecule has 0 aromatic heterocycles. The smallest absolute Gasteiger partial charge is 0.326 e. The van der Waals surface area contributed by atoms with Crippen molar-refractivity contribution in [1.82, 2.24) is 10.6 Å². The Bertz CT molecular complexity index is 696. The number of guanidine groups is 1. The van der Waals surface area contributed by atoms with Crippen LogP contribution >= 0.6 is 12.4 Å². The fourth-order valence-corrected chi connectivity index (χ4v) is 2.41. The molecule has 0 unspecified atom stereocenters. The molecule has 2 aromatic carbocycles. The molecule has 6 heteroatoms. The van der Waals surface area contributed by atoms with Crippen molar-refractivity contribution in [1.29, 1.82) is 0 Å². The molecule has 0 aliphatic heterocycles. The number of benzene rings is 2. The molecule has 0 aliphatic carbocycles. The van der Waals surface area contributed by atoms with Crippen LogP contribution in [0.4, 0.5) is 10.5 Å². The van der Waals surface area contributed by atoms with Crippen LogP contribution in [-0.4, -0.2) is 25.6 Å². The lowest BCUT2D eigenvalue weighted by Crippen LogP contribution is -2.43. The van der Waals surface area contributed by atoms with Crippen molar-refractivity contribution >= 4 is 30.1 Å². The molecule has 0 fully saturated rings. The second kappa shape index (κ2) is 10.4. The van der Waals surface area contributed by atoms with Crippen molar-refractivity contribution in [2.24, 2.45) is 4.99 Å². The van der Waals surface area contributed by atoms with E-state index in [0.717, 1.165) is 23.2 Å². The minimum absolute atomic E-state index is 0. The number of anilines is 1. The summed E-state index contributed by atoms with van der Waals surface area (Å²) in [6, 6.07) is 15.8. The van der Waals surface area contributed by atoms with Gasteiger partial charge < -0.3 is 10.6 Å². The predicted octanol–water partition coefficient (Wildman–Crippen LogP) is 3.66. The van der Waals surface area contributed by atoms with E-state index >= 15 is 0 Å². The Morgan fingerprint density at radius 3 is 2.24 bits per heavy atom. The quantitative estimate of drug-likeness (QED) is 0.575. The summed E-state index contributed by atoms with van der Waals surface area (Å²) in [5.74, 6) is 0.453. The van der Waals surface area contributed by atoms with E-state index in [1.54, 1.807) is 7.05 Å². The Hall–Kier alpha value is -2.53. The average molecular weight is 361 g/mol. The molecule has 2 aromatic rings. The van der Waals surface area contributed by atoms with Crippen LogP contribution in [0, 0.1) is 13.8 Å². The van der Waals surface area contributed by atoms with E-state index in [1.807, 2.05) is 50.2 Å². The first-order valence-corrected chi connectivity index (χ1v) is 7.99. The highest BCUT2D eigenvalue weighted by atomic mass is 35.5. The van der Waals surface area contributed by atoms with Gasteiger partial charge in [-0.05, 0) is 37.0 Å². The lowest BCUT2D eigenvalue weighted by atomic mass is 10.1. The number of carbonyl (C=O) groups excluding carboxylic acids is 1. The molecule has 0 atom stereocenters. The van der Waals surface area contributed by atoms with Gasteiger partial charge in [-0.1, -0.05) is 48.5 Å². The van der Waals surface area contributed by atoms with Crippen LogP contribution in [0.2, 0.25) is 0 Å². The van der Waals surface area contributed by atoms with Gasteiger partial charge in [0.1, 0.15) is 0 Å². The summed E-state index contributed by atoms with van der Waals surface area (Å²) in [7, 11) is 1.64. The average Bonchev–Trinajstić information content (AvgIpc) is 2.58. The SMILES string of the molecule is CN=C(NCCc1ccccc1)NC(=O)Nc1c(C)cccc1C.Cl. The Morgan fingerprint density at radius 2 is 1.64 bits per heavy atom. The van der Waals surface area contributed by atoms with Gasteiger partial charge in [0.05, 0.1) is 0 Å². The minimum atomic E-state index is -0.305. The third-order valence-electron chi connectivity index (χ3n) is 3.72. The third-order valence-corrected chi connectivity index (χ3v) is 3.72. The summed E-state index contributed by atoms with van der Waals surface area (Å²) in [6.07, 6.45) is 0.861. The molecule has 0 saturated carbocycles. The van der Waals surface area contributed by atoms with Gasteiger partial charge in [-0.15, -0.1) is 12.4 Å². The summed E-state index contributed by atoms with van der Waals surface area (Å²) in [4.78, 5) is 16.3. The molecular formula is C19H25ClN4O. The zero-order valence-electron chi connectivity index (χ0n) is 14.8. The molecule has 0 saturated heterocycles. The molecule has 0 bridgehead atoms. The second-order valence-electron chi connectivity index (χ2n) is 5.58. The van der Waals surface area contributed by atoms with Crippen molar-refractivity contribution in [2.75, 3.05) is 18.9 Å². The van der Waals surface area contributed by atoms with E-state index < -0.39 is 0 Å². The molecule has 5 nitrogen and oxygen atoms in total. The zero-order chi connectivity index (χ0) is 17.4. The van der Waals surface area contributed by atoms with Gasteiger partial charge in [-0.25, -0.2) is 4.79 Å². The molecule has 134 valence electrons. The lowest BCUT2D eigenvalue weighted by molar-refractivity contribution is 0.256. The lowest BCUT2D eigenvalue weighted by Gasteiger charge is -2.14.